The Hall–Kier alpha value is -2.14. The first-order valence-corrected chi connectivity index (χ1v) is 8.05. The maximum atomic E-state index is 12.3. The van der Waals surface area contributed by atoms with E-state index in [4.69, 9.17) is 16.3 Å². The number of hydrogen-bond donors (Lipinski definition) is 0. The molecule has 1 saturated heterocycles. The molecule has 1 aromatic heterocycles. The van der Waals surface area contributed by atoms with Crippen LogP contribution in [0.25, 0.3) is 0 Å². The van der Waals surface area contributed by atoms with Gasteiger partial charge in [0.15, 0.2) is 0 Å². The number of benzene rings is 1. The Morgan fingerprint density at radius 2 is 2.26 bits per heavy atom. The van der Waals surface area contributed by atoms with E-state index in [1.54, 1.807) is 18.3 Å². The van der Waals surface area contributed by atoms with Gasteiger partial charge in [-0.15, -0.1) is 5.10 Å². The smallest absolute Gasteiger partial charge is 0.233 e. The average Bonchev–Trinajstić information content (AvgIpc) is 3.02. The largest absolute Gasteiger partial charge is 0.471 e. The Morgan fingerprint density at radius 1 is 1.35 bits per heavy atom. The van der Waals surface area contributed by atoms with Gasteiger partial charge in [-0.1, -0.05) is 23.7 Å². The van der Waals surface area contributed by atoms with E-state index in [1.165, 1.54) is 0 Å². The van der Waals surface area contributed by atoms with Gasteiger partial charge in [0.2, 0.25) is 11.8 Å². The molecule has 1 aromatic carbocycles. The van der Waals surface area contributed by atoms with E-state index in [0.717, 1.165) is 18.5 Å². The molecule has 0 spiro atoms. The number of hydrogen-bond acceptors (Lipinski definition) is 4. The average molecular weight is 332 g/mol. The second-order valence-electron chi connectivity index (χ2n) is 5.56. The summed E-state index contributed by atoms with van der Waals surface area (Å²) in [5, 5.41) is 8.40. The van der Waals surface area contributed by atoms with E-state index in [-0.39, 0.29) is 12.0 Å². The summed E-state index contributed by atoms with van der Waals surface area (Å²) >= 11 is 5.96. The van der Waals surface area contributed by atoms with Crippen molar-refractivity contribution in [3.05, 3.63) is 53.2 Å². The van der Waals surface area contributed by atoms with Crippen molar-refractivity contribution in [3.63, 3.8) is 0 Å². The van der Waals surface area contributed by atoms with Crippen LogP contribution in [-0.4, -0.2) is 40.2 Å². The quantitative estimate of drug-likeness (QED) is 0.845. The Kier molecular flexibility index (Phi) is 5.08. The van der Waals surface area contributed by atoms with Crippen molar-refractivity contribution in [1.29, 1.82) is 0 Å². The summed E-state index contributed by atoms with van der Waals surface area (Å²) in [4.78, 5) is 14.2. The number of aryl methyl sites for hydroxylation is 1. The first-order chi connectivity index (χ1) is 11.2. The summed E-state index contributed by atoms with van der Waals surface area (Å²) in [5.74, 6) is 0.654. The summed E-state index contributed by atoms with van der Waals surface area (Å²) in [6.07, 6.45) is 3.60. The molecule has 1 aliphatic heterocycles. The first-order valence-electron chi connectivity index (χ1n) is 7.67. The highest BCUT2D eigenvalue weighted by molar-refractivity contribution is 6.30. The van der Waals surface area contributed by atoms with E-state index >= 15 is 0 Å². The predicted molar refractivity (Wildman–Crippen MR) is 87.4 cm³/mol. The van der Waals surface area contributed by atoms with Crippen LogP contribution in [0, 0.1) is 0 Å². The van der Waals surface area contributed by atoms with Crippen LogP contribution in [-0.2, 0) is 11.2 Å². The van der Waals surface area contributed by atoms with Gasteiger partial charge in [0.25, 0.3) is 0 Å². The van der Waals surface area contributed by atoms with Gasteiger partial charge in [-0.3, -0.25) is 4.79 Å². The number of carbonyl (C=O) groups excluding carboxylic acids is 1. The Morgan fingerprint density at radius 3 is 3.04 bits per heavy atom. The van der Waals surface area contributed by atoms with Crippen LogP contribution in [0.4, 0.5) is 0 Å². The molecule has 0 radical (unpaired) electrons. The Bertz CT molecular complexity index is 666. The summed E-state index contributed by atoms with van der Waals surface area (Å²) in [6.45, 7) is 1.32. The number of nitrogens with zero attached hydrogens (tertiary/aromatic N) is 3. The highest BCUT2D eigenvalue weighted by Crippen LogP contribution is 2.18. The lowest BCUT2D eigenvalue weighted by Crippen LogP contribution is -2.31. The zero-order valence-electron chi connectivity index (χ0n) is 12.7. The van der Waals surface area contributed by atoms with Gasteiger partial charge >= 0.3 is 0 Å². The number of likely N-dealkylation sites (tertiary alicyclic amines) is 1. The number of carbonyl (C=O) groups is 1. The molecule has 0 aliphatic carbocycles. The van der Waals surface area contributed by atoms with Gasteiger partial charge in [0.1, 0.15) is 6.10 Å². The fourth-order valence-corrected chi connectivity index (χ4v) is 2.89. The molecule has 23 heavy (non-hydrogen) atoms. The van der Waals surface area contributed by atoms with Crippen LogP contribution in [0.2, 0.25) is 5.02 Å². The summed E-state index contributed by atoms with van der Waals surface area (Å²) in [7, 11) is 0. The summed E-state index contributed by atoms with van der Waals surface area (Å²) < 4.78 is 5.75. The summed E-state index contributed by atoms with van der Waals surface area (Å²) in [5.41, 5.74) is 1.08. The Labute approximate surface area is 140 Å². The van der Waals surface area contributed by atoms with E-state index in [2.05, 4.69) is 10.2 Å². The SMILES string of the molecule is O=C(CCc1cccc(Cl)c1)N1CCC(Oc2cccnn2)C1. The molecule has 1 aliphatic rings. The summed E-state index contributed by atoms with van der Waals surface area (Å²) in [6, 6.07) is 11.2. The maximum Gasteiger partial charge on any atom is 0.233 e. The third kappa shape index (κ3) is 4.42. The normalized spacial score (nSPS) is 17.3. The third-order valence-electron chi connectivity index (χ3n) is 3.85. The van der Waals surface area contributed by atoms with Gasteiger partial charge < -0.3 is 9.64 Å². The second-order valence-corrected chi connectivity index (χ2v) is 6.00. The van der Waals surface area contributed by atoms with Crippen LogP contribution >= 0.6 is 11.6 Å². The van der Waals surface area contributed by atoms with Gasteiger partial charge in [0.05, 0.1) is 6.54 Å². The maximum absolute atomic E-state index is 12.3. The minimum absolute atomic E-state index is 0.0122. The van der Waals surface area contributed by atoms with Crippen molar-refractivity contribution in [2.75, 3.05) is 13.1 Å². The van der Waals surface area contributed by atoms with Crippen LogP contribution in [0.15, 0.2) is 42.6 Å². The zero-order valence-corrected chi connectivity index (χ0v) is 13.4. The number of amides is 1. The molecule has 0 saturated carbocycles. The molecular weight excluding hydrogens is 314 g/mol. The highest BCUT2D eigenvalue weighted by Gasteiger charge is 2.27. The molecule has 3 rings (SSSR count). The van der Waals surface area contributed by atoms with Crippen molar-refractivity contribution in [2.45, 2.75) is 25.4 Å². The first kappa shape index (κ1) is 15.7. The lowest BCUT2D eigenvalue weighted by molar-refractivity contribution is -0.130. The van der Waals surface area contributed by atoms with Gasteiger partial charge in [-0.05, 0) is 30.2 Å². The topological polar surface area (TPSA) is 55.3 Å². The van der Waals surface area contributed by atoms with Gasteiger partial charge in [-0.2, -0.15) is 5.10 Å². The van der Waals surface area contributed by atoms with Crippen LogP contribution < -0.4 is 4.74 Å². The van der Waals surface area contributed by atoms with E-state index < -0.39 is 0 Å². The number of rotatable bonds is 5. The minimum Gasteiger partial charge on any atom is -0.471 e. The van der Waals surface area contributed by atoms with Crippen LogP contribution in [0.5, 0.6) is 5.88 Å². The predicted octanol–water partition coefficient (Wildman–Crippen LogP) is 2.74. The molecule has 120 valence electrons. The fraction of sp³-hybridized carbons (Fsp3) is 0.353. The molecule has 0 N–H and O–H groups in total. The molecule has 2 aromatic rings. The molecule has 0 bridgehead atoms. The molecular formula is C17H18ClN3O2. The molecule has 1 fully saturated rings. The molecule has 2 heterocycles. The van der Waals surface area contributed by atoms with Crippen molar-refractivity contribution < 1.29 is 9.53 Å². The van der Waals surface area contributed by atoms with Crippen molar-refractivity contribution >= 4 is 17.5 Å². The van der Waals surface area contributed by atoms with Crippen LogP contribution in [0.3, 0.4) is 0 Å². The van der Waals surface area contributed by atoms with Crippen molar-refractivity contribution in [3.8, 4) is 5.88 Å². The second kappa shape index (κ2) is 7.42. The lowest BCUT2D eigenvalue weighted by atomic mass is 10.1. The molecule has 1 unspecified atom stereocenters. The van der Waals surface area contributed by atoms with Crippen LogP contribution in [0.1, 0.15) is 18.4 Å². The van der Waals surface area contributed by atoms with E-state index in [0.29, 0.717) is 30.3 Å². The molecule has 1 amide bonds. The van der Waals surface area contributed by atoms with E-state index in [9.17, 15) is 4.79 Å². The molecule has 5 nitrogen and oxygen atoms in total. The number of ether oxygens (including phenoxy) is 1. The van der Waals surface area contributed by atoms with Crippen molar-refractivity contribution in [1.82, 2.24) is 15.1 Å². The van der Waals surface area contributed by atoms with Crippen molar-refractivity contribution in [2.24, 2.45) is 0 Å². The number of aromatic nitrogens is 2. The standard InChI is InChI=1S/C17H18ClN3O2/c18-14-4-1-3-13(11-14)6-7-17(22)21-10-8-15(12-21)23-16-5-2-9-19-20-16/h1-5,9,11,15H,6-8,10,12H2. The lowest BCUT2D eigenvalue weighted by Gasteiger charge is -2.17. The zero-order chi connectivity index (χ0) is 16.1. The minimum atomic E-state index is -0.0122. The fourth-order valence-electron chi connectivity index (χ4n) is 2.67. The molecule has 6 heteroatoms. The van der Waals surface area contributed by atoms with Gasteiger partial charge in [-0.25, -0.2) is 0 Å². The monoisotopic (exact) mass is 331 g/mol. The third-order valence-corrected chi connectivity index (χ3v) is 4.08. The van der Waals surface area contributed by atoms with Gasteiger partial charge in [0, 0.05) is 36.7 Å². The Balaban J connectivity index is 1.47. The van der Waals surface area contributed by atoms with E-state index in [1.807, 2.05) is 29.2 Å². The molecule has 1 atom stereocenters. The highest BCUT2D eigenvalue weighted by atomic mass is 35.5. The number of halogens is 1.